The average molecular weight is 428 g/mol. The Kier molecular flexibility index (Phi) is 4.55. The highest BCUT2D eigenvalue weighted by Crippen LogP contribution is 2.35. The van der Waals surface area contributed by atoms with Crippen LogP contribution in [-0.4, -0.2) is 45.8 Å². The van der Waals surface area contributed by atoms with Crippen molar-refractivity contribution in [3.63, 3.8) is 0 Å². The Bertz CT molecular complexity index is 1310. The van der Waals surface area contributed by atoms with Gasteiger partial charge < -0.3 is 21.1 Å². The van der Waals surface area contributed by atoms with Crippen LogP contribution >= 0.6 is 0 Å². The van der Waals surface area contributed by atoms with Gasteiger partial charge >= 0.3 is 0 Å². The predicted molar refractivity (Wildman–Crippen MR) is 125 cm³/mol. The van der Waals surface area contributed by atoms with E-state index >= 15 is 0 Å². The Morgan fingerprint density at radius 1 is 1.03 bits per heavy atom. The molecule has 0 amide bonds. The maximum Gasteiger partial charge on any atom is 0.167 e. The largest absolute Gasteiger partial charge is 0.383 e. The summed E-state index contributed by atoms with van der Waals surface area (Å²) in [6, 6.07) is 14.4. The molecule has 4 N–H and O–H groups in total. The Morgan fingerprint density at radius 3 is 2.75 bits per heavy atom. The molecule has 32 heavy (non-hydrogen) atoms. The van der Waals surface area contributed by atoms with E-state index in [0.29, 0.717) is 19.0 Å². The van der Waals surface area contributed by atoms with E-state index in [0.717, 1.165) is 60.0 Å². The van der Waals surface area contributed by atoms with Gasteiger partial charge in [0.05, 0.1) is 18.8 Å². The lowest BCUT2D eigenvalue weighted by atomic mass is 10.1. The number of aromatic nitrogens is 4. The van der Waals surface area contributed by atoms with Crippen LogP contribution in [-0.2, 0) is 11.2 Å². The molecule has 0 radical (unpaired) electrons. The fraction of sp³-hybridized carbons (Fsp3) is 0.292. The molecule has 8 nitrogen and oxygen atoms in total. The SMILES string of the molecule is Nc1ncccc1-c1nc2ccc(N3CCOCC3)nc2n1-c1ccc2c(c1)CCC2N. The Hall–Kier alpha value is -3.49. The zero-order chi connectivity index (χ0) is 21.7. The summed E-state index contributed by atoms with van der Waals surface area (Å²) in [5.41, 5.74) is 18.4. The van der Waals surface area contributed by atoms with Crippen LogP contribution in [0.2, 0.25) is 0 Å². The number of imidazole rings is 1. The number of benzene rings is 1. The van der Waals surface area contributed by atoms with Crippen molar-refractivity contribution in [1.82, 2.24) is 19.5 Å². The summed E-state index contributed by atoms with van der Waals surface area (Å²) in [5, 5.41) is 0. The summed E-state index contributed by atoms with van der Waals surface area (Å²) in [4.78, 5) is 16.5. The first-order chi connectivity index (χ1) is 15.7. The van der Waals surface area contributed by atoms with E-state index in [1.165, 1.54) is 11.1 Å². The van der Waals surface area contributed by atoms with Gasteiger partial charge in [-0.05, 0) is 60.4 Å². The third kappa shape index (κ3) is 3.11. The first-order valence-corrected chi connectivity index (χ1v) is 11.0. The number of nitrogens with zero attached hydrogens (tertiary/aromatic N) is 5. The number of fused-ring (bicyclic) bond motifs is 2. The minimum absolute atomic E-state index is 0.109. The lowest BCUT2D eigenvalue weighted by Crippen LogP contribution is -2.36. The van der Waals surface area contributed by atoms with Crippen molar-refractivity contribution in [3.05, 3.63) is 59.8 Å². The number of rotatable bonds is 3. The van der Waals surface area contributed by atoms with Crippen LogP contribution in [0.3, 0.4) is 0 Å². The van der Waals surface area contributed by atoms with Gasteiger partial charge in [0.2, 0.25) is 0 Å². The number of anilines is 2. The van der Waals surface area contributed by atoms with Crippen molar-refractivity contribution < 1.29 is 4.74 Å². The van der Waals surface area contributed by atoms with E-state index in [2.05, 4.69) is 32.7 Å². The first-order valence-electron chi connectivity index (χ1n) is 11.0. The Balaban J connectivity index is 1.58. The van der Waals surface area contributed by atoms with Gasteiger partial charge in [0.25, 0.3) is 0 Å². The number of morpholine rings is 1. The van der Waals surface area contributed by atoms with Crippen molar-refractivity contribution in [2.45, 2.75) is 18.9 Å². The van der Waals surface area contributed by atoms with Crippen molar-refractivity contribution in [3.8, 4) is 17.1 Å². The summed E-state index contributed by atoms with van der Waals surface area (Å²) >= 11 is 0. The maximum atomic E-state index is 6.28. The minimum atomic E-state index is 0.109. The van der Waals surface area contributed by atoms with E-state index in [9.17, 15) is 0 Å². The number of aryl methyl sites for hydroxylation is 1. The molecule has 2 aliphatic rings. The van der Waals surface area contributed by atoms with E-state index < -0.39 is 0 Å². The second-order valence-corrected chi connectivity index (χ2v) is 8.35. The molecular formula is C24H25N7O. The Morgan fingerprint density at radius 2 is 1.91 bits per heavy atom. The monoisotopic (exact) mass is 427 g/mol. The maximum absolute atomic E-state index is 6.28. The molecule has 1 aromatic carbocycles. The average Bonchev–Trinajstić information content (AvgIpc) is 3.39. The molecule has 6 rings (SSSR count). The fourth-order valence-corrected chi connectivity index (χ4v) is 4.72. The van der Waals surface area contributed by atoms with Gasteiger partial charge in [-0.3, -0.25) is 4.57 Å². The normalized spacial score (nSPS) is 18.3. The second kappa shape index (κ2) is 7.58. The minimum Gasteiger partial charge on any atom is -0.383 e. The quantitative estimate of drug-likeness (QED) is 0.517. The van der Waals surface area contributed by atoms with Crippen molar-refractivity contribution >= 4 is 22.8 Å². The van der Waals surface area contributed by atoms with Crippen molar-refractivity contribution in [2.24, 2.45) is 5.73 Å². The zero-order valence-corrected chi connectivity index (χ0v) is 17.7. The lowest BCUT2D eigenvalue weighted by molar-refractivity contribution is 0.122. The number of nitrogens with two attached hydrogens (primary N) is 2. The Labute approximate surface area is 185 Å². The molecule has 1 saturated heterocycles. The predicted octanol–water partition coefficient (Wildman–Crippen LogP) is 2.85. The number of hydrogen-bond acceptors (Lipinski definition) is 7. The van der Waals surface area contributed by atoms with Crippen LogP contribution in [0.4, 0.5) is 11.6 Å². The third-order valence-electron chi connectivity index (χ3n) is 6.41. The molecular weight excluding hydrogens is 402 g/mol. The lowest BCUT2D eigenvalue weighted by Gasteiger charge is -2.27. The van der Waals surface area contributed by atoms with Crippen LogP contribution < -0.4 is 16.4 Å². The van der Waals surface area contributed by atoms with Gasteiger partial charge in [-0.25, -0.2) is 15.0 Å². The van der Waals surface area contributed by atoms with Crippen LogP contribution in [0.25, 0.3) is 28.2 Å². The van der Waals surface area contributed by atoms with E-state index in [1.807, 2.05) is 24.3 Å². The molecule has 162 valence electrons. The second-order valence-electron chi connectivity index (χ2n) is 8.35. The van der Waals surface area contributed by atoms with Crippen molar-refractivity contribution in [1.29, 1.82) is 0 Å². The number of hydrogen-bond donors (Lipinski definition) is 2. The van der Waals surface area contributed by atoms with Gasteiger partial charge in [-0.1, -0.05) is 6.07 Å². The van der Waals surface area contributed by atoms with Crippen LogP contribution in [0, 0.1) is 0 Å². The number of nitrogen functional groups attached to an aromatic ring is 1. The van der Waals surface area contributed by atoms with Gasteiger partial charge in [-0.15, -0.1) is 0 Å². The van der Waals surface area contributed by atoms with Gasteiger partial charge in [0, 0.05) is 31.0 Å². The molecule has 3 aromatic heterocycles. The molecule has 8 heteroatoms. The summed E-state index contributed by atoms with van der Waals surface area (Å²) in [5.74, 6) is 2.11. The molecule has 0 saturated carbocycles. The van der Waals surface area contributed by atoms with Crippen LogP contribution in [0.5, 0.6) is 0 Å². The van der Waals surface area contributed by atoms with E-state index in [1.54, 1.807) is 6.20 Å². The van der Waals surface area contributed by atoms with Crippen LogP contribution in [0.15, 0.2) is 48.7 Å². The summed E-state index contributed by atoms with van der Waals surface area (Å²) in [7, 11) is 0. The van der Waals surface area contributed by atoms with E-state index in [4.69, 9.17) is 26.2 Å². The highest BCUT2D eigenvalue weighted by atomic mass is 16.5. The van der Waals surface area contributed by atoms with Gasteiger partial charge in [0.1, 0.15) is 17.2 Å². The summed E-state index contributed by atoms with van der Waals surface area (Å²) < 4.78 is 7.60. The molecule has 1 aliphatic carbocycles. The topological polar surface area (TPSA) is 108 Å². The molecule has 4 heterocycles. The highest BCUT2D eigenvalue weighted by molar-refractivity contribution is 5.84. The molecule has 0 bridgehead atoms. The van der Waals surface area contributed by atoms with Gasteiger partial charge in [-0.2, -0.15) is 0 Å². The molecule has 1 atom stereocenters. The van der Waals surface area contributed by atoms with Crippen LogP contribution in [0.1, 0.15) is 23.6 Å². The molecule has 1 fully saturated rings. The molecule has 0 spiro atoms. The highest BCUT2D eigenvalue weighted by Gasteiger charge is 2.23. The van der Waals surface area contributed by atoms with E-state index in [-0.39, 0.29) is 6.04 Å². The smallest absolute Gasteiger partial charge is 0.167 e. The standard InChI is InChI=1S/C24H25N7O/c25-19-6-3-15-14-16(4-5-17(15)19)31-23(18-2-1-9-27-22(18)26)28-20-7-8-21(29-24(20)31)30-10-12-32-13-11-30/h1-2,4-5,7-9,14,19H,3,6,10-13,25H2,(H2,26,27). The molecule has 4 aromatic rings. The summed E-state index contributed by atoms with van der Waals surface area (Å²) in [6.07, 6.45) is 3.65. The molecule has 1 unspecified atom stereocenters. The first kappa shape index (κ1) is 19.2. The zero-order valence-electron chi connectivity index (χ0n) is 17.7. The summed E-state index contributed by atoms with van der Waals surface area (Å²) in [6.45, 7) is 3.07. The van der Waals surface area contributed by atoms with Crippen molar-refractivity contribution in [2.75, 3.05) is 36.9 Å². The third-order valence-corrected chi connectivity index (χ3v) is 6.41. The van der Waals surface area contributed by atoms with Gasteiger partial charge in [0.15, 0.2) is 11.5 Å². The number of ether oxygens (including phenoxy) is 1. The molecule has 1 aliphatic heterocycles. The number of pyridine rings is 2. The fourth-order valence-electron chi connectivity index (χ4n) is 4.72.